The summed E-state index contributed by atoms with van der Waals surface area (Å²) in [6.07, 6.45) is 0. The van der Waals surface area contributed by atoms with Gasteiger partial charge in [-0.2, -0.15) is 13.8 Å². The Labute approximate surface area is 89.2 Å². The first-order valence-electron chi connectivity index (χ1n) is 3.88. The Kier molecular flexibility index (Phi) is 3.79. The van der Waals surface area contributed by atoms with Crippen LogP contribution in [0.5, 0.6) is 5.88 Å². The molecule has 0 saturated heterocycles. The molecule has 1 amide bonds. The highest BCUT2D eigenvalue weighted by atomic mass is 35.5. The van der Waals surface area contributed by atoms with Gasteiger partial charge in [0.15, 0.2) is 0 Å². The molecule has 82 valence electrons. The summed E-state index contributed by atoms with van der Waals surface area (Å²) in [5, 5.41) is 2.29. The van der Waals surface area contributed by atoms with Crippen LogP contribution in [0.1, 0.15) is 6.92 Å². The summed E-state index contributed by atoms with van der Waals surface area (Å²) < 4.78 is 28.0. The maximum absolute atomic E-state index is 12.0. The van der Waals surface area contributed by atoms with E-state index in [0.717, 1.165) is 0 Å². The minimum Gasteiger partial charge on any atom is -0.415 e. The smallest absolute Gasteiger partial charge is 0.388 e. The molecule has 1 rings (SSSR count). The summed E-state index contributed by atoms with van der Waals surface area (Å²) in [5.41, 5.74) is 0.0483. The van der Waals surface area contributed by atoms with Crippen molar-refractivity contribution in [3.8, 4) is 5.88 Å². The number of hydrogen-bond acceptors (Lipinski definition) is 3. The lowest BCUT2D eigenvalue weighted by atomic mass is 10.4. The van der Waals surface area contributed by atoms with Gasteiger partial charge in [-0.1, -0.05) is 11.6 Å². The van der Waals surface area contributed by atoms with Crippen molar-refractivity contribution in [3.05, 3.63) is 17.3 Å². The molecule has 0 bridgehead atoms. The van der Waals surface area contributed by atoms with Gasteiger partial charge >= 0.3 is 6.61 Å². The van der Waals surface area contributed by atoms with Crippen LogP contribution in [0.3, 0.4) is 0 Å². The predicted octanol–water partition coefficient (Wildman–Crippen LogP) is 2.29. The van der Waals surface area contributed by atoms with Gasteiger partial charge in [0, 0.05) is 6.92 Å². The highest BCUT2D eigenvalue weighted by Crippen LogP contribution is 2.25. The maximum atomic E-state index is 12.0. The minimum atomic E-state index is -3.02. The minimum absolute atomic E-state index is 0.000230. The zero-order valence-corrected chi connectivity index (χ0v) is 8.39. The van der Waals surface area contributed by atoms with E-state index in [9.17, 15) is 13.6 Å². The normalized spacial score (nSPS) is 10.2. The molecule has 0 atom stereocenters. The van der Waals surface area contributed by atoms with Crippen molar-refractivity contribution in [2.24, 2.45) is 0 Å². The number of carbonyl (C=O) groups excluding carboxylic acids is 1. The fourth-order valence-corrected chi connectivity index (χ4v) is 1.02. The Morgan fingerprint density at radius 1 is 1.60 bits per heavy atom. The number of alkyl halides is 2. The van der Waals surface area contributed by atoms with Crippen LogP contribution in [0.15, 0.2) is 12.1 Å². The summed E-state index contributed by atoms with van der Waals surface area (Å²) in [7, 11) is 0. The van der Waals surface area contributed by atoms with Crippen molar-refractivity contribution in [2.45, 2.75) is 13.5 Å². The number of halogens is 3. The Morgan fingerprint density at radius 2 is 2.27 bits per heavy atom. The van der Waals surface area contributed by atoms with Crippen molar-refractivity contribution < 1.29 is 18.3 Å². The average molecular weight is 237 g/mol. The van der Waals surface area contributed by atoms with Crippen molar-refractivity contribution in [1.82, 2.24) is 4.98 Å². The third-order valence-corrected chi connectivity index (χ3v) is 1.55. The lowest BCUT2D eigenvalue weighted by Gasteiger charge is -2.09. The standard InChI is InChI=1S/C8H7ClF2N2O2/c1-4(14)12-5-2-3-6(9)13-7(5)15-8(10)11/h2-3,8H,1H3,(H,12,14). The summed E-state index contributed by atoms with van der Waals surface area (Å²) in [5.74, 6) is -0.828. The molecule has 4 nitrogen and oxygen atoms in total. The van der Waals surface area contributed by atoms with Crippen LogP contribution >= 0.6 is 11.6 Å². The zero-order valence-electron chi connectivity index (χ0n) is 7.63. The number of amides is 1. The van der Waals surface area contributed by atoms with Gasteiger partial charge in [0.2, 0.25) is 11.8 Å². The van der Waals surface area contributed by atoms with Crippen LogP contribution in [0.25, 0.3) is 0 Å². The Hall–Kier alpha value is -1.43. The van der Waals surface area contributed by atoms with E-state index in [-0.39, 0.29) is 10.8 Å². The fourth-order valence-electron chi connectivity index (χ4n) is 0.877. The van der Waals surface area contributed by atoms with Gasteiger partial charge in [-0.3, -0.25) is 4.79 Å². The molecular formula is C8H7ClF2N2O2. The number of ether oxygens (including phenoxy) is 1. The van der Waals surface area contributed by atoms with Crippen LogP contribution in [0, 0.1) is 0 Å². The highest BCUT2D eigenvalue weighted by molar-refractivity contribution is 6.29. The lowest BCUT2D eigenvalue weighted by molar-refractivity contribution is -0.114. The third-order valence-electron chi connectivity index (χ3n) is 1.34. The van der Waals surface area contributed by atoms with Crippen molar-refractivity contribution >= 4 is 23.2 Å². The number of nitrogens with zero attached hydrogens (tertiary/aromatic N) is 1. The van der Waals surface area contributed by atoms with Crippen LogP contribution in [0.2, 0.25) is 5.15 Å². The number of nitrogens with one attached hydrogen (secondary N) is 1. The second kappa shape index (κ2) is 4.88. The van der Waals surface area contributed by atoms with Crippen molar-refractivity contribution in [3.63, 3.8) is 0 Å². The van der Waals surface area contributed by atoms with E-state index < -0.39 is 18.4 Å². The van der Waals surface area contributed by atoms with E-state index in [1.807, 2.05) is 0 Å². The molecule has 0 aliphatic rings. The molecule has 1 heterocycles. The molecular weight excluding hydrogens is 230 g/mol. The van der Waals surface area contributed by atoms with Gasteiger partial charge in [-0.25, -0.2) is 0 Å². The first kappa shape index (κ1) is 11.6. The number of hydrogen-bond donors (Lipinski definition) is 1. The van der Waals surface area contributed by atoms with Gasteiger partial charge in [0.1, 0.15) is 10.8 Å². The van der Waals surface area contributed by atoms with E-state index in [1.165, 1.54) is 19.1 Å². The number of anilines is 1. The highest BCUT2D eigenvalue weighted by Gasteiger charge is 2.12. The first-order valence-corrected chi connectivity index (χ1v) is 4.26. The molecule has 1 aromatic heterocycles. The number of rotatable bonds is 3. The SMILES string of the molecule is CC(=O)Nc1ccc(Cl)nc1OC(F)F. The maximum Gasteiger partial charge on any atom is 0.388 e. The molecule has 0 spiro atoms. The van der Waals surface area contributed by atoms with E-state index >= 15 is 0 Å². The molecule has 1 N–H and O–H groups in total. The number of pyridine rings is 1. The van der Waals surface area contributed by atoms with Gasteiger partial charge in [0.25, 0.3) is 0 Å². The molecule has 0 unspecified atom stereocenters. The third kappa shape index (κ3) is 3.67. The molecule has 15 heavy (non-hydrogen) atoms. The van der Waals surface area contributed by atoms with E-state index in [2.05, 4.69) is 15.0 Å². The molecule has 0 fully saturated rings. The van der Waals surface area contributed by atoms with Gasteiger partial charge in [-0.15, -0.1) is 0 Å². The second-order valence-corrected chi connectivity index (χ2v) is 2.93. The lowest BCUT2D eigenvalue weighted by Crippen LogP contribution is -2.11. The molecule has 7 heteroatoms. The van der Waals surface area contributed by atoms with Crippen LogP contribution in [-0.2, 0) is 4.79 Å². The van der Waals surface area contributed by atoms with Crippen LogP contribution in [-0.4, -0.2) is 17.5 Å². The van der Waals surface area contributed by atoms with Crippen LogP contribution in [0.4, 0.5) is 14.5 Å². The molecule has 0 saturated carbocycles. The summed E-state index contributed by atoms with van der Waals surface area (Å²) >= 11 is 5.49. The van der Waals surface area contributed by atoms with Crippen molar-refractivity contribution in [1.29, 1.82) is 0 Å². The quantitative estimate of drug-likeness (QED) is 0.820. The topological polar surface area (TPSA) is 51.2 Å². The van der Waals surface area contributed by atoms with Crippen molar-refractivity contribution in [2.75, 3.05) is 5.32 Å². The molecule has 0 radical (unpaired) electrons. The fraction of sp³-hybridized carbons (Fsp3) is 0.250. The Balaban J connectivity index is 2.97. The van der Waals surface area contributed by atoms with Gasteiger partial charge in [-0.05, 0) is 12.1 Å². The predicted molar refractivity (Wildman–Crippen MR) is 50.2 cm³/mol. The summed E-state index contributed by atoms with van der Waals surface area (Å²) in [6.45, 7) is -1.79. The molecule has 0 aromatic carbocycles. The Bertz CT molecular complexity index is 374. The largest absolute Gasteiger partial charge is 0.415 e. The monoisotopic (exact) mass is 236 g/mol. The number of aromatic nitrogens is 1. The average Bonchev–Trinajstić information content (AvgIpc) is 2.08. The number of carbonyl (C=O) groups is 1. The first-order chi connectivity index (χ1) is 6.99. The Morgan fingerprint density at radius 3 is 2.80 bits per heavy atom. The second-order valence-electron chi connectivity index (χ2n) is 2.55. The van der Waals surface area contributed by atoms with E-state index in [4.69, 9.17) is 11.6 Å². The van der Waals surface area contributed by atoms with E-state index in [1.54, 1.807) is 0 Å². The molecule has 0 aliphatic carbocycles. The van der Waals surface area contributed by atoms with Gasteiger partial charge < -0.3 is 10.1 Å². The summed E-state index contributed by atoms with van der Waals surface area (Å²) in [4.78, 5) is 14.2. The van der Waals surface area contributed by atoms with E-state index in [0.29, 0.717) is 0 Å². The zero-order chi connectivity index (χ0) is 11.4. The summed E-state index contributed by atoms with van der Waals surface area (Å²) in [6, 6.07) is 2.68. The van der Waals surface area contributed by atoms with Crippen LogP contribution < -0.4 is 10.1 Å². The molecule has 1 aromatic rings. The van der Waals surface area contributed by atoms with Gasteiger partial charge in [0.05, 0.1) is 0 Å². The molecule has 0 aliphatic heterocycles.